The number of aromatic nitrogens is 1. The number of carbonyl (C=O) groups excluding carboxylic acids is 1. The quantitative estimate of drug-likeness (QED) is 0.802. The smallest absolute Gasteiger partial charge is 0.257 e. The predicted molar refractivity (Wildman–Crippen MR) is 103 cm³/mol. The average molecular weight is 376 g/mol. The van der Waals surface area contributed by atoms with E-state index in [-0.39, 0.29) is 10.6 Å². The number of hydrogen-bond acceptors (Lipinski definition) is 5. The van der Waals surface area contributed by atoms with Crippen LogP contribution in [0.25, 0.3) is 0 Å². The normalized spacial score (nSPS) is 11.4. The van der Waals surface area contributed by atoms with Gasteiger partial charge in [-0.3, -0.25) is 4.79 Å². The largest absolute Gasteiger partial charge is 0.357 e. The average Bonchev–Trinajstić information content (AvgIpc) is 2.63. The second-order valence-electron chi connectivity index (χ2n) is 5.82. The summed E-state index contributed by atoms with van der Waals surface area (Å²) >= 11 is 0. The van der Waals surface area contributed by atoms with Gasteiger partial charge in [0.1, 0.15) is 10.7 Å². The Morgan fingerprint density at radius 3 is 2.27 bits per heavy atom. The van der Waals surface area contributed by atoms with Crippen molar-refractivity contribution in [3.05, 3.63) is 48.2 Å². The number of hydrogen-bond donors (Lipinski definition) is 1. The fourth-order valence-corrected chi connectivity index (χ4v) is 3.48. The van der Waals surface area contributed by atoms with Crippen molar-refractivity contribution >= 4 is 27.4 Å². The summed E-state index contributed by atoms with van der Waals surface area (Å²) in [4.78, 5) is 18.9. The third-order valence-electron chi connectivity index (χ3n) is 3.99. The number of carbonyl (C=O) groups is 1. The minimum atomic E-state index is -3.66. The molecule has 1 aromatic carbocycles. The van der Waals surface area contributed by atoms with Gasteiger partial charge in [-0.2, -0.15) is 0 Å². The molecular formula is C18H24N4O3S. The molecule has 1 heterocycles. The van der Waals surface area contributed by atoms with E-state index in [0.717, 1.165) is 23.2 Å². The van der Waals surface area contributed by atoms with Crippen molar-refractivity contribution < 1.29 is 13.2 Å². The molecule has 2 aromatic rings. The Balaban J connectivity index is 2.26. The molecule has 0 radical (unpaired) electrons. The highest BCUT2D eigenvalue weighted by Crippen LogP contribution is 2.23. The Labute approximate surface area is 154 Å². The summed E-state index contributed by atoms with van der Waals surface area (Å²) in [5, 5.41) is 2.67. The van der Waals surface area contributed by atoms with Gasteiger partial charge >= 0.3 is 0 Å². The number of benzene rings is 1. The van der Waals surface area contributed by atoms with Crippen LogP contribution >= 0.6 is 0 Å². The van der Waals surface area contributed by atoms with E-state index in [0.29, 0.717) is 5.56 Å². The highest BCUT2D eigenvalue weighted by atomic mass is 32.2. The summed E-state index contributed by atoms with van der Waals surface area (Å²) in [5.74, 6) is 0.382. The van der Waals surface area contributed by atoms with E-state index >= 15 is 0 Å². The summed E-state index contributed by atoms with van der Waals surface area (Å²) in [6, 6.07) is 9.78. The van der Waals surface area contributed by atoms with Crippen molar-refractivity contribution in [3.8, 4) is 0 Å². The second-order valence-corrected chi connectivity index (χ2v) is 7.94. The van der Waals surface area contributed by atoms with Crippen LogP contribution in [0.3, 0.4) is 0 Å². The van der Waals surface area contributed by atoms with Crippen LogP contribution in [-0.2, 0) is 10.0 Å². The maximum absolute atomic E-state index is 12.5. The van der Waals surface area contributed by atoms with E-state index < -0.39 is 15.9 Å². The van der Waals surface area contributed by atoms with Gasteiger partial charge in [0.05, 0.1) is 11.3 Å². The van der Waals surface area contributed by atoms with E-state index in [4.69, 9.17) is 0 Å². The van der Waals surface area contributed by atoms with Gasteiger partial charge in [-0.25, -0.2) is 17.7 Å². The summed E-state index contributed by atoms with van der Waals surface area (Å²) in [7, 11) is -0.767. The minimum Gasteiger partial charge on any atom is -0.357 e. The minimum absolute atomic E-state index is 0.0473. The standard InChI is InChI=1S/C18H24N4O3S/c1-5-22(6-2)17-12-11-14(13-19-17)18(23)20-15-9-7-8-10-16(15)26(24,25)21(3)4/h7-13H,5-6H2,1-4H3,(H,20,23). The molecule has 8 heteroatoms. The van der Waals surface area contributed by atoms with Crippen molar-refractivity contribution in [2.24, 2.45) is 0 Å². The molecule has 0 spiro atoms. The van der Waals surface area contributed by atoms with Crippen molar-refractivity contribution in [1.82, 2.24) is 9.29 Å². The van der Waals surface area contributed by atoms with Crippen LogP contribution in [0.15, 0.2) is 47.5 Å². The molecule has 140 valence electrons. The predicted octanol–water partition coefficient (Wildman–Crippen LogP) is 2.43. The molecule has 1 amide bonds. The molecule has 1 aromatic heterocycles. The van der Waals surface area contributed by atoms with Crippen molar-refractivity contribution in [1.29, 1.82) is 0 Å². The monoisotopic (exact) mass is 376 g/mol. The van der Waals surface area contributed by atoms with Crippen LogP contribution in [0, 0.1) is 0 Å². The van der Waals surface area contributed by atoms with Gasteiger partial charge in [-0.1, -0.05) is 12.1 Å². The molecule has 0 aliphatic carbocycles. The Hall–Kier alpha value is -2.45. The Morgan fingerprint density at radius 2 is 1.73 bits per heavy atom. The van der Waals surface area contributed by atoms with Crippen LogP contribution in [0.5, 0.6) is 0 Å². The van der Waals surface area contributed by atoms with E-state index in [9.17, 15) is 13.2 Å². The molecule has 0 saturated heterocycles. The van der Waals surface area contributed by atoms with E-state index in [1.54, 1.807) is 30.3 Å². The maximum Gasteiger partial charge on any atom is 0.257 e. The zero-order valence-electron chi connectivity index (χ0n) is 15.4. The topological polar surface area (TPSA) is 82.6 Å². The first-order valence-electron chi connectivity index (χ1n) is 8.35. The van der Waals surface area contributed by atoms with E-state index in [1.165, 1.54) is 26.4 Å². The number of sulfonamides is 1. The summed E-state index contributed by atoms with van der Waals surface area (Å²) in [6.07, 6.45) is 1.49. The van der Waals surface area contributed by atoms with Crippen LogP contribution in [0.1, 0.15) is 24.2 Å². The number of nitrogens with zero attached hydrogens (tertiary/aromatic N) is 3. The molecule has 0 fully saturated rings. The SMILES string of the molecule is CCN(CC)c1ccc(C(=O)Nc2ccccc2S(=O)(=O)N(C)C)cn1. The Bertz CT molecular complexity index is 860. The number of para-hydroxylation sites is 1. The van der Waals surface area contributed by atoms with Gasteiger partial charge in [0.25, 0.3) is 5.91 Å². The summed E-state index contributed by atoms with van der Waals surface area (Å²) in [5.41, 5.74) is 0.594. The lowest BCUT2D eigenvalue weighted by molar-refractivity contribution is 0.102. The molecule has 0 aliphatic rings. The number of anilines is 2. The number of pyridine rings is 1. The van der Waals surface area contributed by atoms with Gasteiger partial charge in [0, 0.05) is 33.4 Å². The molecule has 0 saturated carbocycles. The van der Waals surface area contributed by atoms with Crippen LogP contribution in [0.4, 0.5) is 11.5 Å². The van der Waals surface area contributed by atoms with Crippen molar-refractivity contribution in [2.45, 2.75) is 18.7 Å². The number of rotatable bonds is 7. The second kappa shape index (κ2) is 8.29. The molecule has 2 rings (SSSR count). The lowest BCUT2D eigenvalue weighted by Crippen LogP contribution is -2.24. The van der Waals surface area contributed by atoms with Crippen LogP contribution in [-0.4, -0.2) is 50.8 Å². The molecule has 0 atom stereocenters. The molecule has 26 heavy (non-hydrogen) atoms. The summed E-state index contributed by atoms with van der Waals surface area (Å²) < 4.78 is 25.9. The van der Waals surface area contributed by atoms with Crippen molar-refractivity contribution in [3.63, 3.8) is 0 Å². The first-order valence-corrected chi connectivity index (χ1v) is 9.79. The van der Waals surface area contributed by atoms with Gasteiger partial charge in [-0.05, 0) is 38.1 Å². The highest BCUT2D eigenvalue weighted by molar-refractivity contribution is 7.89. The zero-order chi connectivity index (χ0) is 19.3. The first kappa shape index (κ1) is 19.9. The summed E-state index contributed by atoms with van der Waals surface area (Å²) in [6.45, 7) is 5.72. The van der Waals surface area contributed by atoms with Crippen molar-refractivity contribution in [2.75, 3.05) is 37.4 Å². The Morgan fingerprint density at radius 1 is 1.08 bits per heavy atom. The van der Waals surface area contributed by atoms with Crippen LogP contribution < -0.4 is 10.2 Å². The van der Waals surface area contributed by atoms with Gasteiger partial charge in [0.2, 0.25) is 10.0 Å². The Kier molecular flexibility index (Phi) is 6.33. The van der Waals surface area contributed by atoms with Gasteiger partial charge in [0.15, 0.2) is 0 Å². The third kappa shape index (κ3) is 4.20. The highest BCUT2D eigenvalue weighted by Gasteiger charge is 2.22. The first-order chi connectivity index (χ1) is 12.3. The lowest BCUT2D eigenvalue weighted by atomic mass is 10.2. The van der Waals surface area contributed by atoms with Gasteiger partial charge < -0.3 is 10.2 Å². The van der Waals surface area contributed by atoms with Gasteiger partial charge in [-0.15, -0.1) is 0 Å². The molecular weight excluding hydrogens is 352 g/mol. The molecule has 0 aliphatic heterocycles. The number of amides is 1. The molecule has 7 nitrogen and oxygen atoms in total. The fraction of sp³-hybridized carbons (Fsp3) is 0.333. The van der Waals surface area contributed by atoms with E-state index in [2.05, 4.69) is 15.2 Å². The zero-order valence-corrected chi connectivity index (χ0v) is 16.2. The lowest BCUT2D eigenvalue weighted by Gasteiger charge is -2.19. The number of nitrogens with one attached hydrogen (secondary N) is 1. The van der Waals surface area contributed by atoms with E-state index in [1.807, 2.05) is 13.8 Å². The fourth-order valence-electron chi connectivity index (χ4n) is 2.44. The molecule has 0 bridgehead atoms. The molecule has 0 unspecified atom stereocenters. The van der Waals surface area contributed by atoms with Crippen LogP contribution in [0.2, 0.25) is 0 Å². The maximum atomic E-state index is 12.5. The molecule has 1 N–H and O–H groups in total. The third-order valence-corrected chi connectivity index (χ3v) is 5.86.